The number of hydrogen-bond acceptors (Lipinski definition) is 5. The summed E-state index contributed by atoms with van der Waals surface area (Å²) in [6.45, 7) is 0. The minimum atomic E-state index is -0.716. The molecule has 1 aromatic rings. The van der Waals surface area contributed by atoms with Gasteiger partial charge in [0.25, 0.3) is 0 Å². The van der Waals surface area contributed by atoms with Gasteiger partial charge in [-0.25, -0.2) is 0 Å². The number of nitrogens with zero attached hydrogens (tertiary/aromatic N) is 1. The summed E-state index contributed by atoms with van der Waals surface area (Å²) in [5.41, 5.74) is 7.11. The van der Waals surface area contributed by atoms with Crippen LogP contribution in [0.25, 0.3) is 0 Å². The Kier molecular flexibility index (Phi) is 5.06. The zero-order valence-corrected chi connectivity index (χ0v) is 9.50. The van der Waals surface area contributed by atoms with Gasteiger partial charge in [0.2, 0.25) is 0 Å². The van der Waals surface area contributed by atoms with E-state index in [1.54, 1.807) is 18.2 Å². The quantitative estimate of drug-likeness (QED) is 0.345. The monoisotopic (exact) mass is 232 g/mol. The molecule has 17 heavy (non-hydrogen) atoms. The molecule has 0 fully saturated rings. The Morgan fingerprint density at radius 1 is 1.65 bits per heavy atom. The molecule has 1 atom stereocenters. The number of anilines is 1. The normalized spacial score (nSPS) is 12.1. The molecule has 0 saturated carbocycles. The van der Waals surface area contributed by atoms with Crippen LogP contribution in [0.4, 0.5) is 5.69 Å². The molecule has 0 heterocycles. The number of carbonyl (C=O) groups is 1. The van der Waals surface area contributed by atoms with Crippen LogP contribution in [0.5, 0.6) is 0 Å². The van der Waals surface area contributed by atoms with Crippen LogP contribution in [0, 0.1) is 0 Å². The van der Waals surface area contributed by atoms with Crippen molar-refractivity contribution in [3.63, 3.8) is 0 Å². The molecule has 0 aliphatic heterocycles. The first-order chi connectivity index (χ1) is 8.17. The van der Waals surface area contributed by atoms with Crippen molar-refractivity contribution >= 4 is 24.9 Å². The van der Waals surface area contributed by atoms with Crippen LogP contribution in [0.2, 0.25) is 0 Å². The molecule has 2 N–H and O–H groups in total. The molecule has 88 valence electrons. The third kappa shape index (κ3) is 4.18. The number of aliphatic imine (C=N–C) groups is 1. The summed E-state index contributed by atoms with van der Waals surface area (Å²) in [5, 5.41) is 0. The van der Waals surface area contributed by atoms with Crippen LogP contribution in [0.3, 0.4) is 0 Å². The van der Waals surface area contributed by atoms with E-state index in [2.05, 4.69) is 9.73 Å². The number of ether oxygens (including phenoxy) is 1. The molecule has 0 radical (unpaired) electrons. The first-order valence-corrected chi connectivity index (χ1v) is 5.06. The van der Waals surface area contributed by atoms with E-state index in [1.165, 1.54) is 7.11 Å². The molecular weight excluding hydrogens is 219 g/mol. The van der Waals surface area contributed by atoms with Crippen molar-refractivity contribution in [2.75, 3.05) is 12.8 Å². The molecule has 1 rings (SSSR count). The van der Waals surface area contributed by atoms with E-state index < -0.39 is 12.0 Å². The Labute approximate surface area is 99.9 Å². The molecule has 0 aromatic heterocycles. The van der Waals surface area contributed by atoms with E-state index >= 15 is 0 Å². The Hall–Kier alpha value is -1.98. The summed E-state index contributed by atoms with van der Waals surface area (Å²) in [6, 6.07) is 6.43. The van der Waals surface area contributed by atoms with Crippen molar-refractivity contribution < 1.29 is 14.2 Å². The number of esters is 1. The third-order valence-electron chi connectivity index (χ3n) is 2.18. The fraction of sp³-hybridized carbons (Fsp3) is 0.273. The summed E-state index contributed by atoms with van der Waals surface area (Å²) in [6.07, 6.45) is 1.40. The van der Waals surface area contributed by atoms with Gasteiger partial charge in [-0.2, -0.15) is 0 Å². The number of hydrogen-bond donors (Lipinski definition) is 1. The first kappa shape index (κ1) is 13.1. The zero-order valence-electron chi connectivity index (χ0n) is 9.50. The fourth-order valence-electron chi connectivity index (χ4n) is 1.42. The van der Waals surface area contributed by atoms with Gasteiger partial charge in [-0.05, 0) is 0 Å². The van der Waals surface area contributed by atoms with Crippen LogP contribution in [0.15, 0.2) is 29.3 Å². The van der Waals surface area contributed by atoms with Crippen molar-refractivity contribution in [1.29, 1.82) is 0 Å². The van der Waals surface area contributed by atoms with Gasteiger partial charge in [-0.3, -0.25) is 0 Å². The molecule has 0 saturated heterocycles. The molecule has 0 aliphatic rings. The molecule has 1 unspecified atom stereocenters. The van der Waals surface area contributed by atoms with Gasteiger partial charge in [-0.1, -0.05) is 0 Å². The number of rotatable bonds is 5. The Bertz CT molecular complexity index is 434. The number of carbonyl (C=O) groups excluding carboxylic acids is 1. The summed E-state index contributed by atoms with van der Waals surface area (Å²) in [7, 11) is 1.81. The fourth-order valence-corrected chi connectivity index (χ4v) is 1.42. The van der Waals surface area contributed by atoms with E-state index in [9.17, 15) is 9.50 Å². The van der Waals surface area contributed by atoms with E-state index in [0.29, 0.717) is 19.3 Å². The van der Waals surface area contributed by atoms with Gasteiger partial charge in [0.1, 0.15) is 0 Å². The second kappa shape index (κ2) is 6.57. The molecule has 6 heteroatoms. The van der Waals surface area contributed by atoms with Crippen LogP contribution in [-0.2, 0) is 20.7 Å². The average molecular weight is 232 g/mol. The molecular formula is C11H13BN2O3. The van der Waals surface area contributed by atoms with Gasteiger partial charge in [-0.15, -0.1) is 0 Å². The SMILES string of the molecule is COC(=O)C(Cc1cccc(N)c1)N=CB=O. The Morgan fingerprint density at radius 3 is 3.00 bits per heavy atom. The summed E-state index contributed by atoms with van der Waals surface area (Å²) in [4.78, 5) is 15.3. The van der Waals surface area contributed by atoms with E-state index in [1.807, 2.05) is 6.07 Å². The number of methoxy groups -OCH3 is 1. The molecule has 0 bridgehead atoms. The van der Waals surface area contributed by atoms with Gasteiger partial charge in [0, 0.05) is 0 Å². The van der Waals surface area contributed by atoms with Crippen molar-refractivity contribution in [2.24, 2.45) is 4.99 Å². The molecule has 0 spiro atoms. The standard InChI is InChI=1S/C11H13BN2O3/c1-17-11(15)10(14-7-12-16)6-8-3-2-4-9(13)5-8/h2-5,7,10H,6,13H2,1H3. The Morgan fingerprint density at radius 2 is 2.41 bits per heavy atom. The van der Waals surface area contributed by atoms with Crippen molar-refractivity contribution in [3.8, 4) is 0 Å². The molecule has 0 amide bonds. The molecule has 5 nitrogen and oxygen atoms in total. The summed E-state index contributed by atoms with van der Waals surface area (Å²) in [5.74, 6) is -0.481. The number of nitrogen functional groups attached to an aromatic ring is 1. The summed E-state index contributed by atoms with van der Waals surface area (Å²) >= 11 is 0. The minimum absolute atomic E-state index is 0.349. The van der Waals surface area contributed by atoms with Gasteiger partial charge in [0.15, 0.2) is 0 Å². The van der Waals surface area contributed by atoms with Crippen LogP contribution >= 0.6 is 0 Å². The second-order valence-corrected chi connectivity index (χ2v) is 3.42. The zero-order chi connectivity index (χ0) is 12.7. The maximum atomic E-state index is 11.4. The van der Waals surface area contributed by atoms with Gasteiger partial charge >= 0.3 is 99.3 Å². The van der Waals surface area contributed by atoms with Gasteiger partial charge in [0.05, 0.1) is 0 Å². The predicted octanol–water partition coefficient (Wildman–Crippen LogP) is 0.431. The average Bonchev–Trinajstić information content (AvgIpc) is 2.33. The van der Waals surface area contributed by atoms with Crippen molar-refractivity contribution in [2.45, 2.75) is 12.5 Å². The van der Waals surface area contributed by atoms with E-state index in [-0.39, 0.29) is 0 Å². The van der Waals surface area contributed by atoms with Gasteiger partial charge < -0.3 is 0 Å². The van der Waals surface area contributed by atoms with Crippen LogP contribution in [0.1, 0.15) is 5.56 Å². The van der Waals surface area contributed by atoms with Crippen molar-refractivity contribution in [1.82, 2.24) is 0 Å². The van der Waals surface area contributed by atoms with Crippen molar-refractivity contribution in [3.05, 3.63) is 29.8 Å². The maximum absolute atomic E-state index is 11.4. The molecule has 0 aliphatic carbocycles. The second-order valence-electron chi connectivity index (χ2n) is 3.42. The third-order valence-corrected chi connectivity index (χ3v) is 2.18. The van der Waals surface area contributed by atoms with Crippen LogP contribution in [-0.4, -0.2) is 32.4 Å². The van der Waals surface area contributed by atoms with E-state index in [4.69, 9.17) is 5.73 Å². The first-order valence-electron chi connectivity index (χ1n) is 5.06. The summed E-state index contributed by atoms with van der Waals surface area (Å²) < 4.78 is 14.8. The molecule has 1 aromatic carbocycles. The predicted molar refractivity (Wildman–Crippen MR) is 65.3 cm³/mol. The van der Waals surface area contributed by atoms with E-state index in [0.717, 1.165) is 11.7 Å². The van der Waals surface area contributed by atoms with Crippen LogP contribution < -0.4 is 5.73 Å². The number of benzene rings is 1. The topological polar surface area (TPSA) is 81.8 Å². The number of nitrogens with two attached hydrogens (primary N) is 1. The Balaban J connectivity index is 2.82.